The number of ether oxygens (including phenoxy) is 1. The number of nitriles is 1. The summed E-state index contributed by atoms with van der Waals surface area (Å²) in [7, 11) is 0. The van der Waals surface area contributed by atoms with E-state index in [-0.39, 0.29) is 11.9 Å². The third-order valence-corrected chi connectivity index (χ3v) is 1.81. The van der Waals surface area contributed by atoms with Crippen LogP contribution >= 0.6 is 0 Å². The van der Waals surface area contributed by atoms with Gasteiger partial charge in [-0.05, 0) is 24.6 Å². The molecule has 1 atom stereocenters. The lowest BCUT2D eigenvalue weighted by molar-refractivity contribution is -0.131. The molecule has 1 aromatic rings. The van der Waals surface area contributed by atoms with Crippen LogP contribution in [0.25, 0.3) is 0 Å². The number of carbonyl (C=O) groups is 1. The van der Waals surface area contributed by atoms with E-state index in [0.717, 1.165) is 5.56 Å². The molecular weight excluding hydrogens is 178 g/mol. The molecule has 0 aromatic heterocycles. The van der Waals surface area contributed by atoms with Crippen molar-refractivity contribution in [2.75, 3.05) is 0 Å². The van der Waals surface area contributed by atoms with Crippen LogP contribution in [0.1, 0.15) is 25.3 Å². The molecular formula is C11H11NO2. The van der Waals surface area contributed by atoms with E-state index in [2.05, 4.69) is 6.07 Å². The summed E-state index contributed by atoms with van der Waals surface area (Å²) in [6, 6.07) is 9.11. The molecule has 0 bridgehead atoms. The second-order valence-electron chi connectivity index (χ2n) is 3.02. The Kier molecular flexibility index (Phi) is 3.24. The van der Waals surface area contributed by atoms with Crippen LogP contribution in [0.2, 0.25) is 0 Å². The van der Waals surface area contributed by atoms with Gasteiger partial charge in [0.05, 0.1) is 12.0 Å². The first-order chi connectivity index (χ1) is 6.63. The third kappa shape index (κ3) is 2.60. The highest BCUT2D eigenvalue weighted by Gasteiger charge is 2.05. The summed E-state index contributed by atoms with van der Waals surface area (Å²) in [6.45, 7) is 3.15. The summed E-state index contributed by atoms with van der Waals surface area (Å²) in [4.78, 5) is 10.7. The molecule has 1 rings (SSSR count). The zero-order valence-electron chi connectivity index (χ0n) is 8.15. The Morgan fingerprint density at radius 3 is 2.86 bits per heavy atom. The van der Waals surface area contributed by atoms with E-state index in [1.165, 1.54) is 6.92 Å². The topological polar surface area (TPSA) is 50.1 Å². The van der Waals surface area contributed by atoms with Crippen molar-refractivity contribution in [1.29, 1.82) is 5.26 Å². The molecule has 14 heavy (non-hydrogen) atoms. The van der Waals surface area contributed by atoms with Gasteiger partial charge in [0.2, 0.25) is 0 Å². The minimum absolute atomic E-state index is 0.189. The summed E-state index contributed by atoms with van der Waals surface area (Å²) in [6.07, 6.45) is 0. The fourth-order valence-corrected chi connectivity index (χ4v) is 1.09. The molecule has 0 aliphatic carbocycles. The monoisotopic (exact) mass is 189 g/mol. The predicted molar refractivity (Wildman–Crippen MR) is 51.8 cm³/mol. The SMILES string of the molecule is CC(=O)Oc1cccc([C@@H](C)C#N)c1. The first-order valence-corrected chi connectivity index (χ1v) is 4.31. The van der Waals surface area contributed by atoms with Crippen LogP contribution in [0.4, 0.5) is 0 Å². The lowest BCUT2D eigenvalue weighted by Crippen LogP contribution is -2.01. The maximum absolute atomic E-state index is 10.7. The predicted octanol–water partition coefficient (Wildman–Crippen LogP) is 2.24. The van der Waals surface area contributed by atoms with Gasteiger partial charge in [-0.1, -0.05) is 12.1 Å². The number of rotatable bonds is 2. The fraction of sp³-hybridized carbons (Fsp3) is 0.273. The van der Waals surface area contributed by atoms with Gasteiger partial charge in [-0.15, -0.1) is 0 Å². The Balaban J connectivity index is 2.90. The lowest BCUT2D eigenvalue weighted by atomic mass is 10.0. The lowest BCUT2D eigenvalue weighted by Gasteiger charge is -2.05. The van der Waals surface area contributed by atoms with Crippen molar-refractivity contribution in [3.8, 4) is 11.8 Å². The zero-order valence-corrected chi connectivity index (χ0v) is 8.15. The summed E-state index contributed by atoms with van der Waals surface area (Å²) in [5.74, 6) is -0.0608. The fourth-order valence-electron chi connectivity index (χ4n) is 1.09. The number of nitrogens with zero attached hydrogens (tertiary/aromatic N) is 1. The summed E-state index contributed by atoms with van der Waals surface area (Å²) in [5, 5.41) is 8.70. The smallest absolute Gasteiger partial charge is 0.308 e. The van der Waals surface area contributed by atoms with Gasteiger partial charge in [0, 0.05) is 6.92 Å². The number of hydrogen-bond donors (Lipinski definition) is 0. The van der Waals surface area contributed by atoms with Crippen molar-refractivity contribution in [2.45, 2.75) is 19.8 Å². The van der Waals surface area contributed by atoms with Crippen molar-refractivity contribution in [3.05, 3.63) is 29.8 Å². The Labute approximate surface area is 82.9 Å². The van der Waals surface area contributed by atoms with Gasteiger partial charge in [-0.3, -0.25) is 4.79 Å². The first-order valence-electron chi connectivity index (χ1n) is 4.31. The summed E-state index contributed by atoms with van der Waals surface area (Å²) in [5.41, 5.74) is 0.853. The molecule has 0 aliphatic heterocycles. The van der Waals surface area contributed by atoms with E-state index in [4.69, 9.17) is 10.00 Å². The second-order valence-corrected chi connectivity index (χ2v) is 3.02. The molecule has 0 heterocycles. The highest BCUT2D eigenvalue weighted by Crippen LogP contribution is 2.19. The molecule has 3 nitrogen and oxygen atoms in total. The Hall–Kier alpha value is -1.82. The molecule has 0 radical (unpaired) electrons. The molecule has 0 amide bonds. The van der Waals surface area contributed by atoms with E-state index in [0.29, 0.717) is 5.75 Å². The van der Waals surface area contributed by atoms with Gasteiger partial charge in [-0.2, -0.15) is 5.26 Å². The number of esters is 1. The van der Waals surface area contributed by atoms with Gasteiger partial charge in [0.15, 0.2) is 0 Å². The van der Waals surface area contributed by atoms with E-state index in [9.17, 15) is 4.79 Å². The largest absolute Gasteiger partial charge is 0.427 e. The molecule has 72 valence electrons. The van der Waals surface area contributed by atoms with Gasteiger partial charge in [-0.25, -0.2) is 0 Å². The van der Waals surface area contributed by atoms with Crippen LogP contribution in [-0.4, -0.2) is 5.97 Å². The quantitative estimate of drug-likeness (QED) is 0.529. The summed E-state index contributed by atoms with van der Waals surface area (Å²) >= 11 is 0. The molecule has 1 aromatic carbocycles. The van der Waals surface area contributed by atoms with E-state index in [1.807, 2.05) is 6.07 Å². The average molecular weight is 189 g/mol. The number of hydrogen-bond acceptors (Lipinski definition) is 3. The Morgan fingerprint density at radius 2 is 2.29 bits per heavy atom. The maximum atomic E-state index is 10.7. The molecule has 3 heteroatoms. The molecule has 0 fully saturated rings. The van der Waals surface area contributed by atoms with Crippen LogP contribution in [0.3, 0.4) is 0 Å². The van der Waals surface area contributed by atoms with E-state index < -0.39 is 0 Å². The van der Waals surface area contributed by atoms with E-state index in [1.54, 1.807) is 25.1 Å². The van der Waals surface area contributed by atoms with Gasteiger partial charge in [0.1, 0.15) is 5.75 Å². The molecule has 0 saturated carbocycles. The number of carbonyl (C=O) groups excluding carboxylic acids is 1. The van der Waals surface area contributed by atoms with Crippen LogP contribution in [-0.2, 0) is 4.79 Å². The summed E-state index contributed by atoms with van der Waals surface area (Å²) < 4.78 is 4.90. The molecule has 0 N–H and O–H groups in total. The highest BCUT2D eigenvalue weighted by atomic mass is 16.5. The molecule has 0 saturated heterocycles. The minimum atomic E-state index is -0.355. The third-order valence-electron chi connectivity index (χ3n) is 1.81. The van der Waals surface area contributed by atoms with Gasteiger partial charge < -0.3 is 4.74 Å². The normalized spacial score (nSPS) is 11.5. The second kappa shape index (κ2) is 4.43. The molecule has 0 spiro atoms. The van der Waals surface area contributed by atoms with Crippen molar-refractivity contribution in [1.82, 2.24) is 0 Å². The van der Waals surface area contributed by atoms with Crippen LogP contribution in [0.15, 0.2) is 24.3 Å². The van der Waals surface area contributed by atoms with Crippen LogP contribution < -0.4 is 4.74 Å². The Bertz CT molecular complexity index is 379. The number of benzene rings is 1. The molecule has 0 aliphatic rings. The van der Waals surface area contributed by atoms with Crippen molar-refractivity contribution in [2.24, 2.45) is 0 Å². The van der Waals surface area contributed by atoms with Crippen LogP contribution in [0, 0.1) is 11.3 Å². The highest BCUT2D eigenvalue weighted by molar-refractivity contribution is 5.69. The van der Waals surface area contributed by atoms with Crippen molar-refractivity contribution < 1.29 is 9.53 Å². The molecule has 0 unspecified atom stereocenters. The zero-order chi connectivity index (χ0) is 10.6. The Morgan fingerprint density at radius 1 is 1.57 bits per heavy atom. The standard InChI is InChI=1S/C11H11NO2/c1-8(7-12)10-4-3-5-11(6-10)14-9(2)13/h3-6,8H,1-2H3/t8-/m0/s1. The minimum Gasteiger partial charge on any atom is -0.427 e. The van der Waals surface area contributed by atoms with Gasteiger partial charge >= 0.3 is 5.97 Å². The maximum Gasteiger partial charge on any atom is 0.308 e. The van der Waals surface area contributed by atoms with E-state index >= 15 is 0 Å². The van der Waals surface area contributed by atoms with Crippen molar-refractivity contribution >= 4 is 5.97 Å². The first kappa shape index (κ1) is 10.3. The van der Waals surface area contributed by atoms with Crippen molar-refractivity contribution in [3.63, 3.8) is 0 Å². The van der Waals surface area contributed by atoms with Gasteiger partial charge in [0.25, 0.3) is 0 Å². The average Bonchev–Trinajstić information content (AvgIpc) is 2.16. The van der Waals surface area contributed by atoms with Crippen LogP contribution in [0.5, 0.6) is 5.75 Å².